The number of benzene rings is 2. The zero-order valence-corrected chi connectivity index (χ0v) is 15.6. The Morgan fingerprint density at radius 2 is 1.71 bits per heavy atom. The molecule has 0 saturated heterocycles. The molecule has 0 radical (unpaired) electrons. The van der Waals surface area contributed by atoms with E-state index >= 15 is 0 Å². The summed E-state index contributed by atoms with van der Waals surface area (Å²) in [5, 5.41) is 3.06. The second-order valence-corrected chi connectivity index (χ2v) is 7.01. The number of hydrogen-bond acceptors (Lipinski definition) is 3. The highest BCUT2D eigenvalue weighted by molar-refractivity contribution is 6.00. The van der Waals surface area contributed by atoms with E-state index in [9.17, 15) is 4.79 Å². The van der Waals surface area contributed by atoms with Crippen molar-refractivity contribution in [1.29, 1.82) is 0 Å². The summed E-state index contributed by atoms with van der Waals surface area (Å²) in [4.78, 5) is 17.7. The Morgan fingerprint density at radius 1 is 1.04 bits per heavy atom. The lowest BCUT2D eigenvalue weighted by Gasteiger charge is -2.28. The van der Waals surface area contributed by atoms with E-state index in [0.717, 1.165) is 5.56 Å². The van der Waals surface area contributed by atoms with E-state index in [2.05, 4.69) is 29.0 Å². The average molecular weight is 370 g/mol. The maximum absolute atomic E-state index is 13.5. The van der Waals surface area contributed by atoms with E-state index in [1.807, 2.05) is 48.5 Å². The predicted molar refractivity (Wildman–Crippen MR) is 111 cm³/mol. The third kappa shape index (κ3) is 3.41. The summed E-state index contributed by atoms with van der Waals surface area (Å²) in [6.07, 6.45) is 4.66. The molecule has 0 spiro atoms. The van der Waals surface area contributed by atoms with Gasteiger partial charge >= 0.3 is 0 Å². The van der Waals surface area contributed by atoms with Crippen LogP contribution in [-0.4, -0.2) is 17.5 Å². The predicted octanol–water partition coefficient (Wildman–Crippen LogP) is 4.32. The molecule has 1 aliphatic carbocycles. The van der Waals surface area contributed by atoms with Crippen molar-refractivity contribution in [3.8, 4) is 5.88 Å². The number of nitrogens with zero attached hydrogens (tertiary/aromatic N) is 1. The van der Waals surface area contributed by atoms with Crippen molar-refractivity contribution in [2.45, 2.75) is 18.3 Å². The molecule has 0 aliphatic heterocycles. The first-order valence-electron chi connectivity index (χ1n) is 9.35. The Morgan fingerprint density at radius 3 is 2.32 bits per heavy atom. The van der Waals surface area contributed by atoms with Crippen LogP contribution in [0.1, 0.15) is 16.7 Å². The number of rotatable bonds is 6. The summed E-state index contributed by atoms with van der Waals surface area (Å²) < 4.78 is 5.40. The molecule has 0 unspecified atom stereocenters. The molecule has 0 atom stereocenters. The second kappa shape index (κ2) is 7.69. The van der Waals surface area contributed by atoms with Crippen LogP contribution in [0.15, 0.2) is 85.6 Å². The first-order valence-corrected chi connectivity index (χ1v) is 9.35. The van der Waals surface area contributed by atoms with Gasteiger partial charge in [0.2, 0.25) is 11.8 Å². The fourth-order valence-electron chi connectivity index (χ4n) is 3.80. The Balaban J connectivity index is 1.61. The van der Waals surface area contributed by atoms with E-state index in [0.29, 0.717) is 31.0 Å². The van der Waals surface area contributed by atoms with Crippen LogP contribution in [0.5, 0.6) is 5.88 Å². The number of nitrogens with one attached hydrogen (secondary N) is 1. The zero-order valence-electron chi connectivity index (χ0n) is 15.6. The van der Waals surface area contributed by atoms with Gasteiger partial charge in [-0.2, -0.15) is 0 Å². The number of carbonyl (C=O) groups is 1. The van der Waals surface area contributed by atoms with Crippen molar-refractivity contribution >= 4 is 11.6 Å². The molecule has 0 saturated carbocycles. The molecule has 3 aromatic rings. The van der Waals surface area contributed by atoms with Crippen molar-refractivity contribution in [3.05, 3.63) is 102 Å². The number of fused-ring (bicyclic) bond motifs is 1. The highest BCUT2D eigenvalue weighted by atomic mass is 16.5. The summed E-state index contributed by atoms with van der Waals surface area (Å²) in [6.45, 7) is 4.02. The number of carbonyl (C=O) groups excluding carboxylic acids is 1. The molecule has 28 heavy (non-hydrogen) atoms. The van der Waals surface area contributed by atoms with Gasteiger partial charge < -0.3 is 10.1 Å². The summed E-state index contributed by atoms with van der Waals surface area (Å²) in [7, 11) is 0. The third-order valence-corrected chi connectivity index (χ3v) is 5.21. The van der Waals surface area contributed by atoms with Crippen LogP contribution in [-0.2, 0) is 23.1 Å². The number of aromatic nitrogens is 1. The SMILES string of the molecule is C=CCOc1ccc(NC(=O)C2(c3ccccc3)Cc3ccccc3C2)cn1. The first-order chi connectivity index (χ1) is 13.7. The van der Waals surface area contributed by atoms with Crippen molar-refractivity contribution in [2.75, 3.05) is 11.9 Å². The summed E-state index contributed by atoms with van der Waals surface area (Å²) in [6, 6.07) is 21.9. The van der Waals surface area contributed by atoms with Gasteiger partial charge in [0.05, 0.1) is 17.3 Å². The lowest BCUT2D eigenvalue weighted by atomic mass is 9.76. The minimum atomic E-state index is -0.622. The molecule has 4 rings (SSSR count). The molecule has 4 heteroatoms. The number of hydrogen-bond donors (Lipinski definition) is 1. The Bertz CT molecular complexity index is 956. The van der Waals surface area contributed by atoms with E-state index in [1.165, 1.54) is 11.1 Å². The standard InChI is InChI=1S/C24H22N2O2/c1-2-14-28-22-13-12-21(17-25-22)26-23(27)24(20-10-4-3-5-11-20)15-18-8-6-7-9-19(18)16-24/h2-13,17H,1,14-16H2,(H,26,27). The molecule has 2 aromatic carbocycles. The summed E-state index contributed by atoms with van der Waals surface area (Å²) in [5.41, 5.74) is 3.52. The molecule has 1 aromatic heterocycles. The van der Waals surface area contributed by atoms with E-state index in [1.54, 1.807) is 18.3 Å². The second-order valence-electron chi connectivity index (χ2n) is 7.01. The maximum atomic E-state index is 13.5. The van der Waals surface area contributed by atoms with Crippen LogP contribution in [0.25, 0.3) is 0 Å². The maximum Gasteiger partial charge on any atom is 0.235 e. The van der Waals surface area contributed by atoms with Crippen LogP contribution in [0, 0.1) is 0 Å². The molecular formula is C24H22N2O2. The van der Waals surface area contributed by atoms with Crippen molar-refractivity contribution in [1.82, 2.24) is 4.98 Å². The van der Waals surface area contributed by atoms with Crippen LogP contribution >= 0.6 is 0 Å². The Hall–Kier alpha value is -3.40. The molecular weight excluding hydrogens is 348 g/mol. The minimum absolute atomic E-state index is 0.0172. The number of amides is 1. The quantitative estimate of drug-likeness (QED) is 0.658. The van der Waals surface area contributed by atoms with Crippen LogP contribution < -0.4 is 10.1 Å². The lowest BCUT2D eigenvalue weighted by Crippen LogP contribution is -2.41. The smallest absolute Gasteiger partial charge is 0.235 e. The number of pyridine rings is 1. The van der Waals surface area contributed by atoms with Crippen molar-refractivity contribution < 1.29 is 9.53 Å². The fraction of sp³-hybridized carbons (Fsp3) is 0.167. The topological polar surface area (TPSA) is 51.2 Å². The summed E-state index contributed by atoms with van der Waals surface area (Å²) >= 11 is 0. The van der Waals surface area contributed by atoms with Gasteiger partial charge in [-0.1, -0.05) is 67.3 Å². The highest BCUT2D eigenvalue weighted by Gasteiger charge is 2.45. The fourth-order valence-corrected chi connectivity index (χ4v) is 3.80. The largest absolute Gasteiger partial charge is 0.473 e. The molecule has 1 heterocycles. The Kier molecular flexibility index (Phi) is 4.94. The molecule has 4 nitrogen and oxygen atoms in total. The van der Waals surface area contributed by atoms with Crippen LogP contribution in [0.3, 0.4) is 0 Å². The van der Waals surface area contributed by atoms with Crippen molar-refractivity contribution in [3.63, 3.8) is 0 Å². The molecule has 1 N–H and O–H groups in total. The van der Waals surface area contributed by atoms with E-state index < -0.39 is 5.41 Å². The molecule has 0 bridgehead atoms. The number of anilines is 1. The highest BCUT2D eigenvalue weighted by Crippen LogP contribution is 2.40. The van der Waals surface area contributed by atoms with Gasteiger partial charge in [-0.15, -0.1) is 0 Å². The van der Waals surface area contributed by atoms with Crippen LogP contribution in [0.2, 0.25) is 0 Å². The Labute approximate surface area is 164 Å². The third-order valence-electron chi connectivity index (χ3n) is 5.21. The van der Waals surface area contributed by atoms with Crippen LogP contribution in [0.4, 0.5) is 5.69 Å². The van der Waals surface area contributed by atoms with Gasteiger partial charge in [0.25, 0.3) is 0 Å². The van der Waals surface area contributed by atoms with Gasteiger partial charge in [-0.3, -0.25) is 4.79 Å². The van der Waals surface area contributed by atoms with E-state index in [4.69, 9.17) is 4.74 Å². The van der Waals surface area contributed by atoms with Gasteiger partial charge in [0.15, 0.2) is 0 Å². The van der Waals surface area contributed by atoms with Gasteiger partial charge in [-0.05, 0) is 35.6 Å². The molecule has 0 fully saturated rings. The minimum Gasteiger partial charge on any atom is -0.473 e. The van der Waals surface area contributed by atoms with Gasteiger partial charge in [-0.25, -0.2) is 4.98 Å². The van der Waals surface area contributed by atoms with Gasteiger partial charge in [0.1, 0.15) is 6.61 Å². The molecule has 1 aliphatic rings. The molecule has 140 valence electrons. The average Bonchev–Trinajstić information content (AvgIpc) is 3.15. The summed E-state index contributed by atoms with van der Waals surface area (Å²) in [5.74, 6) is 0.486. The first kappa shape index (κ1) is 18.0. The zero-order chi connectivity index (χ0) is 19.4. The molecule has 1 amide bonds. The number of ether oxygens (including phenoxy) is 1. The van der Waals surface area contributed by atoms with Gasteiger partial charge in [0, 0.05) is 6.07 Å². The van der Waals surface area contributed by atoms with Crippen molar-refractivity contribution in [2.24, 2.45) is 0 Å². The van der Waals surface area contributed by atoms with E-state index in [-0.39, 0.29) is 5.91 Å². The monoisotopic (exact) mass is 370 g/mol. The lowest BCUT2D eigenvalue weighted by molar-refractivity contribution is -0.121. The normalized spacial score (nSPS) is 14.1.